The van der Waals surface area contributed by atoms with Crippen molar-refractivity contribution in [1.82, 2.24) is 4.31 Å². The minimum Gasteiger partial charge on any atom is -0.326 e. The number of hydrogen-bond acceptors (Lipinski definition) is 5. The smallest absolute Gasteiger partial charge is 0.228 e. The van der Waals surface area contributed by atoms with Crippen LogP contribution in [0.1, 0.15) is 13.3 Å². The van der Waals surface area contributed by atoms with Crippen LogP contribution in [0.5, 0.6) is 0 Å². The van der Waals surface area contributed by atoms with Crippen molar-refractivity contribution in [3.63, 3.8) is 0 Å². The van der Waals surface area contributed by atoms with Crippen molar-refractivity contribution < 1.29 is 16.8 Å². The molecule has 1 rings (SSSR count). The van der Waals surface area contributed by atoms with E-state index >= 15 is 0 Å². The maximum atomic E-state index is 11.7. The van der Waals surface area contributed by atoms with E-state index in [0.29, 0.717) is 13.0 Å². The first-order chi connectivity index (χ1) is 7.12. The molecule has 2 N–H and O–H groups in total. The molecule has 96 valence electrons. The van der Waals surface area contributed by atoms with Gasteiger partial charge in [0, 0.05) is 25.4 Å². The molecular formula is C8H18N2O4S2. The second kappa shape index (κ2) is 4.59. The number of sulfonamides is 1. The lowest BCUT2D eigenvalue weighted by molar-refractivity contribution is 0.254. The number of sulfone groups is 1. The monoisotopic (exact) mass is 270 g/mol. The molecule has 0 radical (unpaired) electrons. The topological polar surface area (TPSA) is 97.5 Å². The highest BCUT2D eigenvalue weighted by atomic mass is 32.3. The van der Waals surface area contributed by atoms with Crippen LogP contribution in [0, 0.1) is 5.92 Å². The summed E-state index contributed by atoms with van der Waals surface area (Å²) in [4.78, 5) is 0. The van der Waals surface area contributed by atoms with E-state index in [-0.39, 0.29) is 18.5 Å². The molecule has 1 aliphatic rings. The van der Waals surface area contributed by atoms with E-state index in [9.17, 15) is 16.8 Å². The van der Waals surface area contributed by atoms with Gasteiger partial charge in [-0.05, 0) is 12.3 Å². The zero-order valence-corrected chi connectivity index (χ0v) is 11.1. The fourth-order valence-corrected chi connectivity index (χ4v) is 5.21. The number of nitrogens with zero attached hydrogens (tertiary/aromatic N) is 1. The Morgan fingerprint density at radius 3 is 2.31 bits per heavy atom. The first-order valence-electron chi connectivity index (χ1n) is 5.03. The van der Waals surface area contributed by atoms with Crippen molar-refractivity contribution in [3.8, 4) is 0 Å². The summed E-state index contributed by atoms with van der Waals surface area (Å²) in [7, 11) is -7.26. The van der Waals surface area contributed by atoms with Gasteiger partial charge in [-0.3, -0.25) is 0 Å². The van der Waals surface area contributed by atoms with Crippen molar-refractivity contribution in [3.05, 3.63) is 0 Å². The van der Waals surface area contributed by atoms with Gasteiger partial charge in [0.15, 0.2) is 14.9 Å². The van der Waals surface area contributed by atoms with Crippen LogP contribution in [0.4, 0.5) is 0 Å². The zero-order valence-electron chi connectivity index (χ0n) is 9.46. The highest BCUT2D eigenvalue weighted by molar-refractivity contribution is 8.06. The first kappa shape index (κ1) is 13.9. The summed E-state index contributed by atoms with van der Waals surface area (Å²) < 4.78 is 46.7. The average molecular weight is 270 g/mol. The summed E-state index contributed by atoms with van der Waals surface area (Å²) in [5, 5.41) is -0.832. The molecule has 0 spiro atoms. The summed E-state index contributed by atoms with van der Waals surface area (Å²) in [5.41, 5.74) is 5.77. The molecule has 1 aliphatic heterocycles. The molecule has 0 aromatic heterocycles. The molecule has 0 aromatic rings. The van der Waals surface area contributed by atoms with Crippen molar-refractivity contribution in [2.45, 2.75) is 19.4 Å². The van der Waals surface area contributed by atoms with E-state index in [2.05, 4.69) is 0 Å². The molecule has 1 saturated heterocycles. The highest BCUT2D eigenvalue weighted by Gasteiger charge is 2.32. The lowest BCUT2D eigenvalue weighted by Gasteiger charge is -2.33. The molecule has 6 nitrogen and oxygen atoms in total. The lowest BCUT2D eigenvalue weighted by atomic mass is 9.96. The van der Waals surface area contributed by atoms with E-state index in [1.165, 1.54) is 4.31 Å². The SMILES string of the molecule is CC1CCN(S(=O)(=O)CS(C)(=O)=O)CC1N. The third-order valence-corrected chi connectivity index (χ3v) is 6.76. The van der Waals surface area contributed by atoms with Gasteiger partial charge < -0.3 is 5.73 Å². The van der Waals surface area contributed by atoms with E-state index in [1.807, 2.05) is 6.92 Å². The van der Waals surface area contributed by atoms with E-state index in [0.717, 1.165) is 6.26 Å². The second-order valence-electron chi connectivity index (χ2n) is 4.44. The Bertz CT molecular complexity index is 443. The van der Waals surface area contributed by atoms with Crippen molar-refractivity contribution in [2.75, 3.05) is 24.4 Å². The maximum Gasteiger partial charge on any atom is 0.228 e. The van der Waals surface area contributed by atoms with Gasteiger partial charge in [-0.2, -0.15) is 4.31 Å². The summed E-state index contributed by atoms with van der Waals surface area (Å²) >= 11 is 0. The highest BCUT2D eigenvalue weighted by Crippen LogP contribution is 2.18. The molecule has 0 saturated carbocycles. The fourth-order valence-electron chi connectivity index (χ4n) is 1.67. The van der Waals surface area contributed by atoms with Crippen molar-refractivity contribution in [1.29, 1.82) is 0 Å². The Kier molecular flexibility index (Phi) is 3.99. The maximum absolute atomic E-state index is 11.7. The van der Waals surface area contributed by atoms with Gasteiger partial charge in [-0.25, -0.2) is 16.8 Å². The summed E-state index contributed by atoms with van der Waals surface area (Å²) in [6.45, 7) is 2.52. The molecule has 0 aliphatic carbocycles. The largest absolute Gasteiger partial charge is 0.326 e. The van der Waals surface area contributed by atoms with Gasteiger partial charge in [-0.1, -0.05) is 6.92 Å². The number of nitrogens with two attached hydrogens (primary N) is 1. The van der Waals surface area contributed by atoms with Crippen LogP contribution in [-0.4, -0.2) is 51.6 Å². The predicted octanol–water partition coefficient (Wildman–Crippen LogP) is -1.01. The van der Waals surface area contributed by atoms with Gasteiger partial charge in [0.1, 0.15) is 0 Å². The van der Waals surface area contributed by atoms with Gasteiger partial charge >= 0.3 is 0 Å². The van der Waals surface area contributed by atoms with Crippen LogP contribution >= 0.6 is 0 Å². The van der Waals surface area contributed by atoms with Crippen molar-refractivity contribution in [2.24, 2.45) is 11.7 Å². The minimum atomic E-state index is -3.73. The van der Waals surface area contributed by atoms with Crippen LogP contribution in [0.2, 0.25) is 0 Å². The molecule has 0 aromatic carbocycles. The zero-order chi connectivity index (χ0) is 12.6. The summed E-state index contributed by atoms with van der Waals surface area (Å²) in [6.07, 6.45) is 1.58. The summed E-state index contributed by atoms with van der Waals surface area (Å²) in [5.74, 6) is 0.268. The Labute approximate surface area is 96.8 Å². The van der Waals surface area contributed by atoms with Gasteiger partial charge in [0.05, 0.1) is 0 Å². The normalized spacial score (nSPS) is 29.2. The fraction of sp³-hybridized carbons (Fsp3) is 1.00. The van der Waals surface area contributed by atoms with E-state index < -0.39 is 24.9 Å². The first-order valence-corrected chi connectivity index (χ1v) is 8.70. The number of rotatable bonds is 3. The van der Waals surface area contributed by atoms with Crippen molar-refractivity contribution >= 4 is 19.9 Å². The molecule has 1 fully saturated rings. The Balaban J connectivity index is 2.79. The predicted molar refractivity (Wildman–Crippen MR) is 62.0 cm³/mol. The molecule has 16 heavy (non-hydrogen) atoms. The minimum absolute atomic E-state index is 0.207. The lowest BCUT2D eigenvalue weighted by Crippen LogP contribution is -2.50. The van der Waals surface area contributed by atoms with Gasteiger partial charge in [-0.15, -0.1) is 0 Å². The van der Waals surface area contributed by atoms with Crippen LogP contribution in [0.3, 0.4) is 0 Å². The third-order valence-electron chi connectivity index (χ3n) is 2.74. The molecule has 0 bridgehead atoms. The summed E-state index contributed by atoms with van der Waals surface area (Å²) in [6, 6.07) is -0.219. The average Bonchev–Trinajstić information content (AvgIpc) is 2.05. The molecule has 2 unspecified atom stereocenters. The second-order valence-corrected chi connectivity index (χ2v) is 8.92. The molecule has 1 heterocycles. The van der Waals surface area contributed by atoms with E-state index in [1.54, 1.807) is 0 Å². The van der Waals surface area contributed by atoms with Gasteiger partial charge in [0.25, 0.3) is 0 Å². The standard InChI is InChI=1S/C8H18N2O4S2/c1-7-3-4-10(5-8(7)9)16(13,14)6-15(2,11)12/h7-8H,3-6,9H2,1-2H3. The molecular weight excluding hydrogens is 252 g/mol. The van der Waals surface area contributed by atoms with Crippen LogP contribution in [0.25, 0.3) is 0 Å². The Morgan fingerprint density at radius 2 is 1.88 bits per heavy atom. The number of hydrogen-bond donors (Lipinski definition) is 1. The molecule has 2 atom stereocenters. The number of piperidine rings is 1. The quantitative estimate of drug-likeness (QED) is 0.708. The Hall–Kier alpha value is -0.180. The van der Waals surface area contributed by atoms with Gasteiger partial charge in [0.2, 0.25) is 10.0 Å². The molecule has 0 amide bonds. The molecule has 8 heteroatoms. The van der Waals surface area contributed by atoms with E-state index in [4.69, 9.17) is 5.73 Å². The van der Waals surface area contributed by atoms with Crippen LogP contribution < -0.4 is 5.73 Å². The Morgan fingerprint density at radius 1 is 1.31 bits per heavy atom. The van der Waals surface area contributed by atoms with Crippen LogP contribution in [0.15, 0.2) is 0 Å². The third kappa shape index (κ3) is 3.69. The van der Waals surface area contributed by atoms with Crippen LogP contribution in [-0.2, 0) is 19.9 Å².